The molecule has 0 saturated carbocycles. The van der Waals surface area contributed by atoms with Crippen molar-refractivity contribution in [2.24, 2.45) is 0 Å². The summed E-state index contributed by atoms with van der Waals surface area (Å²) in [5.74, 6) is 1.44. The number of aliphatic carboxylic acids is 1. The fourth-order valence-electron chi connectivity index (χ4n) is 3.75. The average molecular weight is 439 g/mol. The smallest absolute Gasteiger partial charge is 0.321 e. The van der Waals surface area contributed by atoms with Gasteiger partial charge in [0.2, 0.25) is 0 Å². The first-order valence-corrected chi connectivity index (χ1v) is 11.4. The lowest BCUT2D eigenvalue weighted by Crippen LogP contribution is -2.38. The van der Waals surface area contributed by atoms with Crippen LogP contribution in [0.25, 0.3) is 0 Å². The fraction of sp³-hybridized carbons (Fsp3) is 0.333. The zero-order valence-electron chi connectivity index (χ0n) is 17.7. The number of aromatic nitrogens is 1. The molecule has 0 bridgehead atoms. The Hall–Kier alpha value is -2.77. The summed E-state index contributed by atoms with van der Waals surface area (Å²) in [4.78, 5) is 17.7. The van der Waals surface area contributed by atoms with Gasteiger partial charge >= 0.3 is 5.97 Å². The second-order valence-corrected chi connectivity index (χ2v) is 8.83. The van der Waals surface area contributed by atoms with Gasteiger partial charge in [0, 0.05) is 23.7 Å². The summed E-state index contributed by atoms with van der Waals surface area (Å²) in [6, 6.07) is 13.9. The van der Waals surface area contributed by atoms with Gasteiger partial charge in [-0.15, -0.1) is 11.8 Å². The van der Waals surface area contributed by atoms with E-state index in [4.69, 9.17) is 9.15 Å². The molecule has 1 aliphatic heterocycles. The molecular formula is C24H26N2O4S. The third kappa shape index (κ3) is 5.11. The van der Waals surface area contributed by atoms with Crippen LogP contribution in [0, 0.1) is 13.8 Å². The van der Waals surface area contributed by atoms with Gasteiger partial charge < -0.3 is 14.3 Å². The summed E-state index contributed by atoms with van der Waals surface area (Å²) in [6.45, 7) is 4.86. The lowest BCUT2D eigenvalue weighted by molar-refractivity contribution is -0.141. The van der Waals surface area contributed by atoms with Crippen LogP contribution < -0.4 is 4.74 Å². The Bertz CT molecular complexity index is 1020. The highest BCUT2D eigenvalue weighted by Gasteiger charge is 2.30. The van der Waals surface area contributed by atoms with Crippen molar-refractivity contribution in [3.63, 3.8) is 0 Å². The highest BCUT2D eigenvalue weighted by Crippen LogP contribution is 2.30. The molecule has 0 spiro atoms. The van der Waals surface area contributed by atoms with Crippen molar-refractivity contribution in [2.45, 2.75) is 32.4 Å². The number of aryl methyl sites for hydroxylation is 2. The number of ether oxygens (including phenoxy) is 1. The Morgan fingerprint density at radius 1 is 1.29 bits per heavy atom. The summed E-state index contributed by atoms with van der Waals surface area (Å²) < 4.78 is 11.6. The van der Waals surface area contributed by atoms with Gasteiger partial charge in [-0.25, -0.2) is 4.98 Å². The minimum atomic E-state index is -0.737. The number of carboxylic acids is 1. The Labute approximate surface area is 186 Å². The number of thioether (sulfide) groups is 1. The minimum Gasteiger partial charge on any atom is -0.480 e. The Morgan fingerprint density at radius 2 is 2.10 bits per heavy atom. The van der Waals surface area contributed by atoms with Gasteiger partial charge in [0.15, 0.2) is 12.5 Å². The summed E-state index contributed by atoms with van der Waals surface area (Å²) in [5, 5.41) is 9.33. The van der Waals surface area contributed by atoms with Crippen LogP contribution in [0.4, 0.5) is 0 Å². The monoisotopic (exact) mass is 438 g/mol. The maximum absolute atomic E-state index is 11.3. The molecule has 2 heterocycles. The number of rotatable bonds is 8. The number of carbonyl (C=O) groups is 1. The molecule has 1 fully saturated rings. The molecular weight excluding hydrogens is 412 g/mol. The number of carboxylic acid groups (broad SMARTS) is 1. The van der Waals surface area contributed by atoms with E-state index >= 15 is 0 Å². The quantitative estimate of drug-likeness (QED) is 0.556. The lowest BCUT2D eigenvalue weighted by atomic mass is 9.99. The largest absolute Gasteiger partial charge is 0.480 e. The maximum Gasteiger partial charge on any atom is 0.321 e. The first kappa shape index (κ1) is 21.5. The SMILES string of the molecule is Cc1ccc(C)c(C(Oc2ccc(CCN3CSC[C@H]3C(=O)O)cc2)c2cocn2)c1. The molecule has 1 N–H and O–H groups in total. The van der Waals surface area contributed by atoms with Gasteiger partial charge in [0.1, 0.15) is 23.7 Å². The molecule has 1 aromatic heterocycles. The van der Waals surface area contributed by atoms with Gasteiger partial charge in [-0.3, -0.25) is 9.69 Å². The van der Waals surface area contributed by atoms with E-state index in [1.54, 1.807) is 18.0 Å². The van der Waals surface area contributed by atoms with Crippen molar-refractivity contribution in [1.29, 1.82) is 0 Å². The summed E-state index contributed by atoms with van der Waals surface area (Å²) in [5.41, 5.74) is 5.23. The van der Waals surface area contributed by atoms with E-state index in [0.29, 0.717) is 5.75 Å². The van der Waals surface area contributed by atoms with E-state index in [2.05, 4.69) is 37.0 Å². The molecule has 7 heteroatoms. The molecule has 0 amide bonds. The van der Waals surface area contributed by atoms with Gasteiger partial charge in [0.25, 0.3) is 0 Å². The highest BCUT2D eigenvalue weighted by molar-refractivity contribution is 7.99. The van der Waals surface area contributed by atoms with Crippen molar-refractivity contribution >= 4 is 17.7 Å². The van der Waals surface area contributed by atoms with E-state index < -0.39 is 5.97 Å². The fourth-order valence-corrected chi connectivity index (χ4v) is 4.97. The molecule has 2 atom stereocenters. The number of oxazole rings is 1. The summed E-state index contributed by atoms with van der Waals surface area (Å²) >= 11 is 1.67. The first-order chi connectivity index (χ1) is 15.0. The predicted molar refractivity (Wildman–Crippen MR) is 120 cm³/mol. The predicted octanol–water partition coefficient (Wildman–Crippen LogP) is 4.46. The third-order valence-corrected chi connectivity index (χ3v) is 6.63. The number of hydrogen-bond donors (Lipinski definition) is 1. The normalized spacial score (nSPS) is 17.5. The van der Waals surface area contributed by atoms with Crippen molar-refractivity contribution in [1.82, 2.24) is 9.88 Å². The second kappa shape index (κ2) is 9.58. The van der Waals surface area contributed by atoms with Crippen LogP contribution in [0.3, 0.4) is 0 Å². The maximum atomic E-state index is 11.3. The minimum absolute atomic E-state index is 0.359. The second-order valence-electron chi connectivity index (χ2n) is 7.83. The van der Waals surface area contributed by atoms with Gasteiger partial charge in [-0.05, 0) is 43.5 Å². The Morgan fingerprint density at radius 3 is 2.81 bits per heavy atom. The average Bonchev–Trinajstić information content (AvgIpc) is 3.45. The molecule has 3 aromatic rings. The highest BCUT2D eigenvalue weighted by atomic mass is 32.2. The van der Waals surface area contributed by atoms with Crippen molar-refractivity contribution in [3.05, 3.63) is 83.1 Å². The zero-order valence-corrected chi connectivity index (χ0v) is 18.5. The van der Waals surface area contributed by atoms with E-state index in [9.17, 15) is 9.90 Å². The molecule has 0 radical (unpaired) electrons. The molecule has 0 aliphatic carbocycles. The van der Waals surface area contributed by atoms with Crippen molar-refractivity contribution in [2.75, 3.05) is 18.2 Å². The van der Waals surface area contributed by atoms with Crippen molar-refractivity contribution < 1.29 is 19.1 Å². The van der Waals surface area contributed by atoms with Crippen LogP contribution in [0.2, 0.25) is 0 Å². The first-order valence-electron chi connectivity index (χ1n) is 10.3. The Balaban J connectivity index is 1.46. The van der Waals surface area contributed by atoms with Crippen LogP contribution in [0.5, 0.6) is 5.75 Å². The number of nitrogens with zero attached hydrogens (tertiary/aromatic N) is 2. The van der Waals surface area contributed by atoms with Crippen LogP contribution in [-0.4, -0.2) is 45.2 Å². The van der Waals surface area contributed by atoms with E-state index in [-0.39, 0.29) is 12.1 Å². The summed E-state index contributed by atoms with van der Waals surface area (Å²) in [7, 11) is 0. The van der Waals surface area contributed by atoms with Crippen molar-refractivity contribution in [3.8, 4) is 5.75 Å². The molecule has 1 aliphatic rings. The standard InChI is InChI=1S/C24H26N2O4S/c1-16-3-4-17(2)20(11-16)23(21-12-29-14-25-21)30-19-7-5-18(6-8-19)9-10-26-15-31-13-22(26)24(27)28/h3-8,11-12,14,22-23H,9-10,13,15H2,1-2H3,(H,27,28)/t22-,23?/m0/s1. The van der Waals surface area contributed by atoms with E-state index in [1.165, 1.54) is 6.39 Å². The van der Waals surface area contributed by atoms with Crippen LogP contribution in [0.1, 0.15) is 34.1 Å². The number of benzene rings is 2. The molecule has 162 valence electrons. The third-order valence-electron chi connectivity index (χ3n) is 5.56. The van der Waals surface area contributed by atoms with Crippen LogP contribution in [-0.2, 0) is 11.2 Å². The van der Waals surface area contributed by atoms with E-state index in [0.717, 1.165) is 52.5 Å². The zero-order chi connectivity index (χ0) is 21.8. The van der Waals surface area contributed by atoms with Gasteiger partial charge in [-0.1, -0.05) is 35.9 Å². The Kier molecular flexibility index (Phi) is 6.63. The van der Waals surface area contributed by atoms with Crippen LogP contribution >= 0.6 is 11.8 Å². The van der Waals surface area contributed by atoms with E-state index in [1.807, 2.05) is 29.2 Å². The number of hydrogen-bond acceptors (Lipinski definition) is 6. The molecule has 1 unspecified atom stereocenters. The molecule has 4 rings (SSSR count). The van der Waals surface area contributed by atoms with Crippen LogP contribution in [0.15, 0.2) is 59.5 Å². The molecule has 2 aromatic carbocycles. The van der Waals surface area contributed by atoms with Gasteiger partial charge in [0.05, 0.1) is 0 Å². The summed E-state index contributed by atoms with van der Waals surface area (Å²) in [6.07, 6.45) is 3.48. The molecule has 1 saturated heterocycles. The topological polar surface area (TPSA) is 75.8 Å². The lowest BCUT2D eigenvalue weighted by Gasteiger charge is -2.21. The molecule has 31 heavy (non-hydrogen) atoms. The van der Waals surface area contributed by atoms with Gasteiger partial charge in [-0.2, -0.15) is 0 Å². The molecule has 6 nitrogen and oxygen atoms in total.